The average molecular weight is 383 g/mol. The summed E-state index contributed by atoms with van der Waals surface area (Å²) in [5.41, 5.74) is 3.32. The van der Waals surface area contributed by atoms with Gasteiger partial charge in [0.15, 0.2) is 0 Å². The zero-order chi connectivity index (χ0) is 19.8. The van der Waals surface area contributed by atoms with Crippen LogP contribution in [0.3, 0.4) is 0 Å². The molecule has 1 aromatic heterocycles. The summed E-state index contributed by atoms with van der Waals surface area (Å²) in [7, 11) is 3.83. The Hall–Kier alpha value is -2.64. The van der Waals surface area contributed by atoms with Crippen LogP contribution in [-0.2, 0) is 4.74 Å². The van der Waals surface area contributed by atoms with Crippen LogP contribution in [0, 0.1) is 0 Å². The van der Waals surface area contributed by atoms with E-state index in [2.05, 4.69) is 44.6 Å². The van der Waals surface area contributed by atoms with Gasteiger partial charge in [0, 0.05) is 70.2 Å². The molecule has 1 saturated heterocycles. The molecule has 1 amide bonds. The lowest BCUT2D eigenvalue weighted by Gasteiger charge is -2.34. The molecular formula is C21H29N5O2. The lowest BCUT2D eigenvalue weighted by atomic mass is 10.2. The van der Waals surface area contributed by atoms with Gasteiger partial charge in [-0.2, -0.15) is 0 Å². The second-order valence-corrected chi connectivity index (χ2v) is 7.03. The number of aromatic nitrogens is 1. The molecule has 1 fully saturated rings. The van der Waals surface area contributed by atoms with Crippen LogP contribution in [0.25, 0.3) is 0 Å². The summed E-state index contributed by atoms with van der Waals surface area (Å²) in [4.78, 5) is 21.4. The van der Waals surface area contributed by atoms with E-state index in [4.69, 9.17) is 4.74 Å². The molecule has 150 valence electrons. The SMILES string of the molecule is COCCCNc1cncc(C(=O)Nc2ccc(N3CCN(C)CC3)cc2)c1. The third-order valence-corrected chi connectivity index (χ3v) is 4.85. The van der Waals surface area contributed by atoms with Gasteiger partial charge in [-0.05, 0) is 43.8 Å². The van der Waals surface area contributed by atoms with E-state index < -0.39 is 0 Å². The molecule has 2 heterocycles. The molecule has 7 nitrogen and oxygen atoms in total. The Morgan fingerprint density at radius 3 is 2.57 bits per heavy atom. The molecule has 2 aromatic rings. The second kappa shape index (κ2) is 10.1. The molecular weight excluding hydrogens is 354 g/mol. The Morgan fingerprint density at radius 2 is 1.86 bits per heavy atom. The third kappa shape index (κ3) is 5.68. The summed E-state index contributed by atoms with van der Waals surface area (Å²) in [5.74, 6) is -0.166. The number of rotatable bonds is 8. The van der Waals surface area contributed by atoms with Gasteiger partial charge in [-0.15, -0.1) is 0 Å². The van der Waals surface area contributed by atoms with Crippen molar-refractivity contribution in [2.24, 2.45) is 0 Å². The van der Waals surface area contributed by atoms with Crippen LogP contribution in [0.4, 0.5) is 17.1 Å². The first-order valence-corrected chi connectivity index (χ1v) is 9.68. The van der Waals surface area contributed by atoms with Gasteiger partial charge in [0.05, 0.1) is 11.3 Å². The molecule has 2 N–H and O–H groups in total. The number of benzene rings is 1. The highest BCUT2D eigenvalue weighted by atomic mass is 16.5. The van der Waals surface area contributed by atoms with E-state index in [1.807, 2.05) is 18.2 Å². The number of anilines is 3. The van der Waals surface area contributed by atoms with Crippen molar-refractivity contribution in [1.29, 1.82) is 0 Å². The number of piperazine rings is 1. The maximum atomic E-state index is 12.6. The van der Waals surface area contributed by atoms with Crippen molar-refractivity contribution in [1.82, 2.24) is 9.88 Å². The van der Waals surface area contributed by atoms with E-state index in [1.54, 1.807) is 19.5 Å². The Morgan fingerprint density at radius 1 is 1.11 bits per heavy atom. The first-order chi connectivity index (χ1) is 13.7. The maximum Gasteiger partial charge on any atom is 0.257 e. The predicted molar refractivity (Wildman–Crippen MR) is 113 cm³/mol. The van der Waals surface area contributed by atoms with Gasteiger partial charge in [0.1, 0.15) is 0 Å². The standard InChI is InChI=1S/C21H29N5O2/c1-25-9-11-26(12-10-25)20-6-4-18(5-7-20)24-21(27)17-14-19(16-22-15-17)23-8-3-13-28-2/h4-7,14-16,23H,3,8-13H2,1-2H3,(H,24,27). The maximum absolute atomic E-state index is 12.6. The lowest BCUT2D eigenvalue weighted by molar-refractivity contribution is 0.102. The topological polar surface area (TPSA) is 69.7 Å². The van der Waals surface area contributed by atoms with Crippen molar-refractivity contribution in [2.75, 3.05) is 69.0 Å². The number of likely N-dealkylation sites (N-methyl/N-ethyl adjacent to an activating group) is 1. The zero-order valence-electron chi connectivity index (χ0n) is 16.6. The molecule has 28 heavy (non-hydrogen) atoms. The van der Waals surface area contributed by atoms with E-state index in [0.29, 0.717) is 12.2 Å². The summed E-state index contributed by atoms with van der Waals surface area (Å²) in [5, 5.41) is 6.20. The molecule has 0 bridgehead atoms. The summed E-state index contributed by atoms with van der Waals surface area (Å²) in [6, 6.07) is 9.84. The van der Waals surface area contributed by atoms with Gasteiger partial charge in [0.25, 0.3) is 5.91 Å². The highest BCUT2D eigenvalue weighted by molar-refractivity contribution is 6.04. The summed E-state index contributed by atoms with van der Waals surface area (Å²) in [6.07, 6.45) is 4.19. The Bertz CT molecular complexity index is 758. The van der Waals surface area contributed by atoms with Crippen molar-refractivity contribution in [2.45, 2.75) is 6.42 Å². The lowest BCUT2D eigenvalue weighted by Crippen LogP contribution is -2.44. The summed E-state index contributed by atoms with van der Waals surface area (Å²) < 4.78 is 5.03. The monoisotopic (exact) mass is 383 g/mol. The van der Waals surface area contributed by atoms with E-state index in [-0.39, 0.29) is 5.91 Å². The number of hydrogen-bond acceptors (Lipinski definition) is 6. The van der Waals surface area contributed by atoms with Gasteiger partial charge in [-0.1, -0.05) is 0 Å². The number of pyridine rings is 1. The number of nitrogens with one attached hydrogen (secondary N) is 2. The van der Waals surface area contributed by atoms with Crippen molar-refractivity contribution in [3.05, 3.63) is 48.3 Å². The van der Waals surface area contributed by atoms with E-state index in [0.717, 1.165) is 50.5 Å². The fraction of sp³-hybridized carbons (Fsp3) is 0.429. The molecule has 1 aliphatic heterocycles. The number of carbonyl (C=O) groups excluding carboxylic acids is 1. The fourth-order valence-electron chi connectivity index (χ4n) is 3.13. The van der Waals surface area contributed by atoms with Crippen LogP contribution in [-0.4, -0.2) is 69.3 Å². The largest absolute Gasteiger partial charge is 0.385 e. The van der Waals surface area contributed by atoms with Crippen LogP contribution < -0.4 is 15.5 Å². The minimum absolute atomic E-state index is 0.166. The molecule has 7 heteroatoms. The molecule has 0 saturated carbocycles. The molecule has 0 unspecified atom stereocenters. The summed E-state index contributed by atoms with van der Waals surface area (Å²) in [6.45, 7) is 5.66. The van der Waals surface area contributed by atoms with Gasteiger partial charge < -0.3 is 25.2 Å². The fourth-order valence-corrected chi connectivity index (χ4v) is 3.13. The third-order valence-electron chi connectivity index (χ3n) is 4.85. The van der Waals surface area contributed by atoms with Crippen molar-refractivity contribution in [3.8, 4) is 0 Å². The minimum atomic E-state index is -0.166. The molecule has 3 rings (SSSR count). The molecule has 0 spiro atoms. The van der Waals surface area contributed by atoms with Crippen LogP contribution in [0.1, 0.15) is 16.8 Å². The van der Waals surface area contributed by atoms with Crippen molar-refractivity contribution >= 4 is 23.0 Å². The molecule has 1 aromatic carbocycles. The smallest absolute Gasteiger partial charge is 0.257 e. The number of ether oxygens (including phenoxy) is 1. The molecule has 0 aliphatic carbocycles. The Kier molecular flexibility index (Phi) is 7.22. The Labute approximate surface area is 166 Å². The first kappa shape index (κ1) is 20.1. The number of nitrogens with zero attached hydrogens (tertiary/aromatic N) is 3. The molecule has 1 aliphatic rings. The van der Waals surface area contributed by atoms with Crippen LogP contribution in [0.2, 0.25) is 0 Å². The normalized spacial score (nSPS) is 14.7. The van der Waals surface area contributed by atoms with E-state index in [1.165, 1.54) is 5.69 Å². The van der Waals surface area contributed by atoms with E-state index in [9.17, 15) is 4.79 Å². The van der Waals surface area contributed by atoms with Crippen LogP contribution >= 0.6 is 0 Å². The highest BCUT2D eigenvalue weighted by Crippen LogP contribution is 2.20. The van der Waals surface area contributed by atoms with Gasteiger partial charge >= 0.3 is 0 Å². The van der Waals surface area contributed by atoms with E-state index >= 15 is 0 Å². The van der Waals surface area contributed by atoms with Gasteiger partial charge in [-0.25, -0.2) is 0 Å². The summed E-state index contributed by atoms with van der Waals surface area (Å²) >= 11 is 0. The predicted octanol–water partition coefficient (Wildman–Crippen LogP) is 2.53. The Balaban J connectivity index is 1.55. The van der Waals surface area contributed by atoms with Crippen LogP contribution in [0.15, 0.2) is 42.7 Å². The van der Waals surface area contributed by atoms with Crippen molar-refractivity contribution in [3.63, 3.8) is 0 Å². The quantitative estimate of drug-likeness (QED) is 0.683. The number of carbonyl (C=O) groups is 1. The molecule has 0 radical (unpaired) electrons. The average Bonchev–Trinajstić information content (AvgIpc) is 2.73. The van der Waals surface area contributed by atoms with Crippen molar-refractivity contribution < 1.29 is 9.53 Å². The molecule has 0 atom stereocenters. The highest BCUT2D eigenvalue weighted by Gasteiger charge is 2.14. The minimum Gasteiger partial charge on any atom is -0.385 e. The first-order valence-electron chi connectivity index (χ1n) is 9.68. The van der Waals surface area contributed by atoms with Gasteiger partial charge in [-0.3, -0.25) is 9.78 Å². The number of amides is 1. The number of methoxy groups -OCH3 is 1. The zero-order valence-corrected chi connectivity index (χ0v) is 16.6. The van der Waals surface area contributed by atoms with Gasteiger partial charge in [0.2, 0.25) is 0 Å². The number of hydrogen-bond donors (Lipinski definition) is 2. The van der Waals surface area contributed by atoms with Crippen LogP contribution in [0.5, 0.6) is 0 Å². The second-order valence-electron chi connectivity index (χ2n) is 7.03.